The van der Waals surface area contributed by atoms with Crippen molar-refractivity contribution in [1.29, 1.82) is 0 Å². The van der Waals surface area contributed by atoms with Crippen molar-refractivity contribution in [2.45, 2.75) is 26.3 Å². The number of nitrogens with one attached hydrogen (secondary N) is 1. The number of rotatable bonds is 2. The van der Waals surface area contributed by atoms with Gasteiger partial charge in [-0.2, -0.15) is 0 Å². The van der Waals surface area contributed by atoms with Gasteiger partial charge in [0, 0.05) is 0 Å². The van der Waals surface area contributed by atoms with Gasteiger partial charge in [-0.1, -0.05) is 19.1 Å². The maximum atomic E-state index is 11.8. The Morgan fingerprint density at radius 2 is 2.17 bits per heavy atom. The summed E-state index contributed by atoms with van der Waals surface area (Å²) in [5.74, 6) is -0.541. The third kappa shape index (κ3) is 2.03. The van der Waals surface area contributed by atoms with E-state index < -0.39 is 0 Å². The molecule has 0 aliphatic carbocycles. The van der Waals surface area contributed by atoms with Crippen molar-refractivity contribution in [3.05, 3.63) is 23.8 Å². The number of imide groups is 1. The Morgan fingerprint density at radius 3 is 2.83 bits per heavy atom. The number of piperazine rings is 1. The quantitative estimate of drug-likeness (QED) is 0.599. The fourth-order valence-corrected chi connectivity index (χ4v) is 2.24. The highest BCUT2D eigenvalue weighted by molar-refractivity contribution is 6.05. The molecule has 1 unspecified atom stereocenters. The molecule has 0 spiro atoms. The number of aryl methyl sites for hydroxylation is 1. The summed E-state index contributed by atoms with van der Waals surface area (Å²) >= 11 is 0. The molecule has 0 aromatic heterocycles. The number of nitrogens with two attached hydrogens (primary N) is 1. The number of nitrogens with zero attached hydrogens (tertiary/aromatic N) is 1. The van der Waals surface area contributed by atoms with Crippen LogP contribution in [0.25, 0.3) is 0 Å². The predicted molar refractivity (Wildman–Crippen MR) is 70.2 cm³/mol. The average molecular weight is 247 g/mol. The van der Waals surface area contributed by atoms with Crippen LogP contribution in [0.4, 0.5) is 11.4 Å². The summed E-state index contributed by atoms with van der Waals surface area (Å²) in [5, 5.41) is 2.35. The number of carbonyl (C=O) groups excluding carboxylic acids is 2. The lowest BCUT2D eigenvalue weighted by Crippen LogP contribution is -2.58. The van der Waals surface area contributed by atoms with Gasteiger partial charge in [0.2, 0.25) is 11.8 Å². The minimum atomic E-state index is -0.341. The van der Waals surface area contributed by atoms with E-state index >= 15 is 0 Å². The molecule has 96 valence electrons. The second kappa shape index (κ2) is 4.68. The van der Waals surface area contributed by atoms with Crippen molar-refractivity contribution < 1.29 is 9.59 Å². The van der Waals surface area contributed by atoms with Gasteiger partial charge in [0.25, 0.3) is 0 Å². The Bertz CT molecular complexity index is 499. The van der Waals surface area contributed by atoms with E-state index in [9.17, 15) is 9.59 Å². The zero-order valence-electron chi connectivity index (χ0n) is 10.6. The molecule has 1 aromatic carbocycles. The molecule has 1 aliphatic heterocycles. The molecule has 1 aliphatic rings. The molecule has 0 radical (unpaired) electrons. The molecular weight excluding hydrogens is 230 g/mol. The van der Waals surface area contributed by atoms with Gasteiger partial charge in [0.15, 0.2) is 0 Å². The van der Waals surface area contributed by atoms with Crippen LogP contribution in [0.3, 0.4) is 0 Å². The van der Waals surface area contributed by atoms with E-state index in [4.69, 9.17) is 5.73 Å². The van der Waals surface area contributed by atoms with Gasteiger partial charge in [-0.15, -0.1) is 0 Å². The highest BCUT2D eigenvalue weighted by Crippen LogP contribution is 2.29. The lowest BCUT2D eigenvalue weighted by Gasteiger charge is -2.36. The van der Waals surface area contributed by atoms with Crippen molar-refractivity contribution in [2.75, 3.05) is 17.2 Å². The molecule has 1 atom stereocenters. The van der Waals surface area contributed by atoms with Crippen LogP contribution in [-0.4, -0.2) is 24.4 Å². The summed E-state index contributed by atoms with van der Waals surface area (Å²) in [5.41, 5.74) is 8.36. The molecule has 0 bridgehead atoms. The second-order valence-corrected chi connectivity index (χ2v) is 4.47. The molecular formula is C13H17N3O2. The number of amides is 2. The van der Waals surface area contributed by atoms with Crippen molar-refractivity contribution in [3.63, 3.8) is 0 Å². The van der Waals surface area contributed by atoms with Crippen LogP contribution in [0, 0.1) is 6.92 Å². The number of para-hydroxylation sites is 1. The van der Waals surface area contributed by atoms with E-state index in [1.165, 1.54) is 0 Å². The number of nitrogen functional groups attached to an aromatic ring is 1. The van der Waals surface area contributed by atoms with Crippen molar-refractivity contribution in [3.8, 4) is 0 Å². The van der Waals surface area contributed by atoms with Gasteiger partial charge in [-0.3, -0.25) is 14.9 Å². The normalized spacial score (nSPS) is 19.9. The first kappa shape index (κ1) is 12.4. The number of benzene rings is 1. The van der Waals surface area contributed by atoms with Gasteiger partial charge in [0.05, 0.1) is 17.9 Å². The lowest BCUT2D eigenvalue weighted by atomic mass is 10.1. The molecule has 0 saturated carbocycles. The van der Waals surface area contributed by atoms with Crippen molar-refractivity contribution >= 4 is 23.2 Å². The van der Waals surface area contributed by atoms with E-state index in [0.29, 0.717) is 12.1 Å². The average Bonchev–Trinajstić information content (AvgIpc) is 2.32. The summed E-state index contributed by atoms with van der Waals surface area (Å²) in [7, 11) is 0. The largest absolute Gasteiger partial charge is 0.397 e. The van der Waals surface area contributed by atoms with E-state index in [-0.39, 0.29) is 24.4 Å². The molecule has 3 N–H and O–H groups in total. The molecule has 1 fully saturated rings. The number of anilines is 2. The molecule has 2 rings (SSSR count). The minimum absolute atomic E-state index is 0.165. The Hall–Kier alpha value is -2.04. The summed E-state index contributed by atoms with van der Waals surface area (Å²) in [6, 6.07) is 5.29. The Kier molecular flexibility index (Phi) is 3.23. The van der Waals surface area contributed by atoms with Crippen LogP contribution in [0.2, 0.25) is 0 Å². The molecule has 1 heterocycles. The van der Waals surface area contributed by atoms with Gasteiger partial charge in [-0.05, 0) is 25.0 Å². The maximum absolute atomic E-state index is 11.8. The summed E-state index contributed by atoms with van der Waals surface area (Å²) in [6.45, 7) is 3.99. The fraction of sp³-hybridized carbons (Fsp3) is 0.385. The summed E-state index contributed by atoms with van der Waals surface area (Å²) < 4.78 is 0. The van der Waals surface area contributed by atoms with Gasteiger partial charge >= 0.3 is 0 Å². The van der Waals surface area contributed by atoms with Crippen molar-refractivity contribution in [2.24, 2.45) is 0 Å². The summed E-state index contributed by atoms with van der Waals surface area (Å²) in [6.07, 6.45) is 0.631. The summed E-state index contributed by atoms with van der Waals surface area (Å²) in [4.78, 5) is 25.1. The van der Waals surface area contributed by atoms with E-state index in [2.05, 4.69) is 5.32 Å². The maximum Gasteiger partial charge on any atom is 0.249 e. The Morgan fingerprint density at radius 1 is 1.44 bits per heavy atom. The smallest absolute Gasteiger partial charge is 0.249 e. The van der Waals surface area contributed by atoms with Crippen LogP contribution < -0.4 is 16.0 Å². The first-order chi connectivity index (χ1) is 8.54. The lowest BCUT2D eigenvalue weighted by molar-refractivity contribution is -0.132. The first-order valence-corrected chi connectivity index (χ1v) is 6.00. The monoisotopic (exact) mass is 247 g/mol. The SMILES string of the molecule is CCC1C(=O)NC(=O)CN1c1cccc(C)c1N. The first-order valence-electron chi connectivity index (χ1n) is 6.00. The zero-order chi connectivity index (χ0) is 13.3. The highest BCUT2D eigenvalue weighted by Gasteiger charge is 2.33. The highest BCUT2D eigenvalue weighted by atomic mass is 16.2. The predicted octanol–water partition coefficient (Wildman–Crippen LogP) is 0.819. The molecule has 18 heavy (non-hydrogen) atoms. The Labute approximate surface area is 106 Å². The van der Waals surface area contributed by atoms with Gasteiger partial charge in [0.1, 0.15) is 6.04 Å². The number of hydrogen-bond acceptors (Lipinski definition) is 4. The van der Waals surface area contributed by atoms with Crippen molar-refractivity contribution in [1.82, 2.24) is 5.32 Å². The van der Waals surface area contributed by atoms with Crippen LogP contribution in [0.15, 0.2) is 18.2 Å². The second-order valence-electron chi connectivity index (χ2n) is 4.47. The molecule has 5 nitrogen and oxygen atoms in total. The van der Waals surface area contributed by atoms with Gasteiger partial charge < -0.3 is 10.6 Å². The molecule has 5 heteroatoms. The molecule has 2 amide bonds. The minimum Gasteiger partial charge on any atom is -0.397 e. The fourth-order valence-electron chi connectivity index (χ4n) is 2.24. The van der Waals surface area contributed by atoms with E-state index in [0.717, 1.165) is 11.3 Å². The third-order valence-corrected chi connectivity index (χ3v) is 3.25. The standard InChI is InChI=1S/C13H17N3O2/c1-3-9-13(18)15-11(17)7-16(9)10-6-4-5-8(2)12(10)14/h4-6,9H,3,7,14H2,1-2H3,(H,15,17,18). The molecule has 1 aromatic rings. The van der Waals surface area contributed by atoms with Crippen LogP contribution in [-0.2, 0) is 9.59 Å². The van der Waals surface area contributed by atoms with Gasteiger partial charge in [-0.25, -0.2) is 0 Å². The molecule has 1 saturated heterocycles. The third-order valence-electron chi connectivity index (χ3n) is 3.25. The number of carbonyl (C=O) groups is 2. The van der Waals surface area contributed by atoms with Crippen LogP contribution in [0.5, 0.6) is 0 Å². The topological polar surface area (TPSA) is 75.4 Å². The zero-order valence-corrected chi connectivity index (χ0v) is 10.6. The number of hydrogen-bond donors (Lipinski definition) is 2. The Balaban J connectivity index is 2.43. The van der Waals surface area contributed by atoms with Crippen LogP contribution in [0.1, 0.15) is 18.9 Å². The van der Waals surface area contributed by atoms with E-state index in [1.807, 2.05) is 32.0 Å². The van der Waals surface area contributed by atoms with Crippen LogP contribution >= 0.6 is 0 Å². The van der Waals surface area contributed by atoms with E-state index in [1.54, 1.807) is 4.90 Å².